The van der Waals surface area contributed by atoms with Crippen LogP contribution in [0.5, 0.6) is 0 Å². The van der Waals surface area contributed by atoms with Crippen LogP contribution in [0.25, 0.3) is 11.0 Å². The highest BCUT2D eigenvalue weighted by atomic mass is 32.2. The molecule has 0 amide bonds. The van der Waals surface area contributed by atoms with E-state index in [4.69, 9.17) is 9.15 Å². The molecular weight excluding hydrogens is 394 g/mol. The van der Waals surface area contributed by atoms with Crippen molar-refractivity contribution in [1.82, 2.24) is 5.32 Å². The largest absolute Gasteiger partial charge is 0.468 e. The summed E-state index contributed by atoms with van der Waals surface area (Å²) in [4.78, 5) is 24.6. The van der Waals surface area contributed by atoms with Crippen molar-refractivity contribution in [2.75, 3.05) is 18.6 Å². The van der Waals surface area contributed by atoms with E-state index in [-0.39, 0.29) is 30.9 Å². The fourth-order valence-electron chi connectivity index (χ4n) is 3.96. The van der Waals surface area contributed by atoms with Crippen LogP contribution in [0, 0.1) is 6.92 Å². The van der Waals surface area contributed by atoms with Gasteiger partial charge < -0.3 is 9.15 Å². The molecule has 158 valence electrons. The van der Waals surface area contributed by atoms with Gasteiger partial charge >= 0.3 is 11.6 Å². The number of rotatable bonds is 5. The number of carbonyl (C=O) groups excluding carboxylic acids is 1. The molecule has 2 heterocycles. The maximum absolute atomic E-state index is 12.5. The van der Waals surface area contributed by atoms with Crippen molar-refractivity contribution in [2.24, 2.45) is 0 Å². The van der Waals surface area contributed by atoms with Crippen LogP contribution in [0.4, 0.5) is 0 Å². The summed E-state index contributed by atoms with van der Waals surface area (Å²) in [6.45, 7) is 6.39. The third-order valence-corrected chi connectivity index (χ3v) is 7.36. The molecule has 1 fully saturated rings. The number of ether oxygens (including phenoxy) is 1. The molecule has 0 saturated carbocycles. The zero-order valence-corrected chi connectivity index (χ0v) is 18.0. The standard InChI is InChI=1S/C21H27NO6S/c1-13(2)16-11-17-15(10-19(23)28-18(17)9-14(16)3)12-22-21(20(24)27-4)5-7-29(25,26)8-6-21/h9-11,13,22H,5-8,12H2,1-4H3. The first-order chi connectivity index (χ1) is 13.6. The smallest absolute Gasteiger partial charge is 0.336 e. The number of carbonyl (C=O) groups is 1. The molecular formula is C21H27NO6S. The third kappa shape index (κ3) is 4.38. The Kier molecular flexibility index (Phi) is 5.87. The van der Waals surface area contributed by atoms with Gasteiger partial charge in [-0.15, -0.1) is 0 Å². The second-order valence-electron chi connectivity index (χ2n) is 8.03. The minimum absolute atomic E-state index is 0.0799. The van der Waals surface area contributed by atoms with Crippen molar-refractivity contribution >= 4 is 26.8 Å². The number of aryl methyl sites for hydroxylation is 1. The SMILES string of the molecule is COC(=O)C1(NCc2cc(=O)oc3cc(C)c(C(C)C)cc23)CCS(=O)(=O)CC1. The molecule has 1 aliphatic heterocycles. The van der Waals surface area contributed by atoms with Crippen LogP contribution >= 0.6 is 0 Å². The summed E-state index contributed by atoms with van der Waals surface area (Å²) < 4.78 is 34.0. The van der Waals surface area contributed by atoms with E-state index in [9.17, 15) is 18.0 Å². The highest BCUT2D eigenvalue weighted by molar-refractivity contribution is 7.91. The molecule has 0 bridgehead atoms. The summed E-state index contributed by atoms with van der Waals surface area (Å²) in [6.07, 6.45) is 0.273. The van der Waals surface area contributed by atoms with Crippen LogP contribution in [-0.2, 0) is 25.9 Å². The number of hydrogen-bond donors (Lipinski definition) is 1. The highest BCUT2D eigenvalue weighted by Gasteiger charge is 2.44. The Labute approximate surface area is 170 Å². The first-order valence-corrected chi connectivity index (χ1v) is 11.5. The molecule has 3 rings (SSSR count). The molecule has 1 aliphatic rings. The Morgan fingerprint density at radius 1 is 1.24 bits per heavy atom. The molecule has 0 aliphatic carbocycles. The summed E-state index contributed by atoms with van der Waals surface area (Å²) in [5.41, 5.74) is 1.84. The van der Waals surface area contributed by atoms with E-state index in [1.54, 1.807) is 0 Å². The summed E-state index contributed by atoms with van der Waals surface area (Å²) in [7, 11) is -1.86. The summed E-state index contributed by atoms with van der Waals surface area (Å²) in [5.74, 6) is -0.345. The predicted octanol–water partition coefficient (Wildman–Crippen LogP) is 2.43. The molecule has 1 aromatic carbocycles. The molecule has 0 radical (unpaired) electrons. The Balaban J connectivity index is 1.99. The number of fused-ring (bicyclic) bond motifs is 1. The second kappa shape index (κ2) is 7.91. The van der Waals surface area contributed by atoms with Crippen LogP contribution < -0.4 is 10.9 Å². The van der Waals surface area contributed by atoms with Gasteiger partial charge in [0.25, 0.3) is 0 Å². The molecule has 0 unspecified atom stereocenters. The molecule has 1 N–H and O–H groups in total. The molecule has 7 nitrogen and oxygen atoms in total. The average Bonchev–Trinajstić information content (AvgIpc) is 2.65. The van der Waals surface area contributed by atoms with Gasteiger partial charge in [0.1, 0.15) is 21.0 Å². The van der Waals surface area contributed by atoms with E-state index in [1.807, 2.05) is 19.1 Å². The van der Waals surface area contributed by atoms with Gasteiger partial charge in [0.05, 0.1) is 18.6 Å². The minimum atomic E-state index is -3.15. The van der Waals surface area contributed by atoms with Gasteiger partial charge in [0, 0.05) is 18.0 Å². The number of esters is 1. The van der Waals surface area contributed by atoms with E-state index in [1.165, 1.54) is 13.2 Å². The average molecular weight is 422 g/mol. The number of nitrogens with one attached hydrogen (secondary N) is 1. The van der Waals surface area contributed by atoms with Gasteiger partial charge in [0.2, 0.25) is 0 Å². The van der Waals surface area contributed by atoms with Crippen molar-refractivity contribution in [3.8, 4) is 0 Å². The number of methoxy groups -OCH3 is 1. The lowest BCUT2D eigenvalue weighted by atomic mass is 9.91. The molecule has 0 spiro atoms. The predicted molar refractivity (Wildman–Crippen MR) is 111 cm³/mol. The van der Waals surface area contributed by atoms with Crippen molar-refractivity contribution in [3.63, 3.8) is 0 Å². The van der Waals surface area contributed by atoms with Gasteiger partial charge in [0.15, 0.2) is 0 Å². The monoisotopic (exact) mass is 421 g/mol. The van der Waals surface area contributed by atoms with Gasteiger partial charge in [-0.05, 0) is 54.5 Å². The Morgan fingerprint density at radius 2 is 1.90 bits per heavy atom. The number of benzene rings is 1. The molecule has 8 heteroatoms. The van der Waals surface area contributed by atoms with Gasteiger partial charge in [-0.3, -0.25) is 10.1 Å². The van der Waals surface area contributed by atoms with Crippen LogP contribution in [0.1, 0.15) is 49.3 Å². The van der Waals surface area contributed by atoms with Crippen LogP contribution in [0.15, 0.2) is 27.4 Å². The highest BCUT2D eigenvalue weighted by Crippen LogP contribution is 2.29. The molecule has 0 atom stereocenters. The normalized spacial score (nSPS) is 18.1. The Hall–Kier alpha value is -2.19. The molecule has 1 saturated heterocycles. The molecule has 29 heavy (non-hydrogen) atoms. The fourth-order valence-corrected chi connectivity index (χ4v) is 5.48. The topological polar surface area (TPSA) is 103 Å². The lowest BCUT2D eigenvalue weighted by Crippen LogP contribution is -2.56. The molecule has 1 aromatic heterocycles. The van der Waals surface area contributed by atoms with E-state index < -0.39 is 27.0 Å². The van der Waals surface area contributed by atoms with Crippen molar-refractivity contribution in [3.05, 3.63) is 45.3 Å². The first kappa shape index (κ1) is 21.5. The van der Waals surface area contributed by atoms with Gasteiger partial charge in [-0.25, -0.2) is 13.2 Å². The number of sulfone groups is 1. The van der Waals surface area contributed by atoms with Crippen LogP contribution in [-0.4, -0.2) is 38.5 Å². The second-order valence-corrected chi connectivity index (χ2v) is 10.3. The Bertz CT molecular complexity index is 1090. The van der Waals surface area contributed by atoms with Crippen molar-refractivity contribution in [1.29, 1.82) is 0 Å². The maximum atomic E-state index is 12.5. The maximum Gasteiger partial charge on any atom is 0.336 e. The lowest BCUT2D eigenvalue weighted by molar-refractivity contribution is -0.149. The summed E-state index contributed by atoms with van der Waals surface area (Å²) in [5, 5.41) is 4.00. The van der Waals surface area contributed by atoms with Crippen molar-refractivity contribution < 1.29 is 22.4 Å². The Morgan fingerprint density at radius 3 is 2.48 bits per heavy atom. The van der Waals surface area contributed by atoms with E-state index in [2.05, 4.69) is 19.2 Å². The lowest BCUT2D eigenvalue weighted by Gasteiger charge is -2.35. The quantitative estimate of drug-likeness (QED) is 0.584. The fraction of sp³-hybridized carbons (Fsp3) is 0.524. The van der Waals surface area contributed by atoms with Gasteiger partial charge in [-0.1, -0.05) is 13.8 Å². The third-order valence-electron chi connectivity index (χ3n) is 5.71. The van der Waals surface area contributed by atoms with Crippen LogP contribution in [0.3, 0.4) is 0 Å². The zero-order chi connectivity index (χ0) is 21.4. The molecule has 2 aromatic rings. The summed E-state index contributed by atoms with van der Waals surface area (Å²) >= 11 is 0. The first-order valence-electron chi connectivity index (χ1n) is 9.68. The minimum Gasteiger partial charge on any atom is -0.468 e. The zero-order valence-electron chi connectivity index (χ0n) is 17.2. The van der Waals surface area contributed by atoms with E-state index in [0.29, 0.717) is 17.1 Å². The van der Waals surface area contributed by atoms with Gasteiger partial charge in [-0.2, -0.15) is 0 Å². The summed E-state index contributed by atoms with van der Waals surface area (Å²) in [6, 6.07) is 5.30. The number of hydrogen-bond acceptors (Lipinski definition) is 7. The van der Waals surface area contributed by atoms with E-state index in [0.717, 1.165) is 16.5 Å². The van der Waals surface area contributed by atoms with Crippen molar-refractivity contribution in [2.45, 2.75) is 51.6 Å². The van der Waals surface area contributed by atoms with E-state index >= 15 is 0 Å². The van der Waals surface area contributed by atoms with Crippen LogP contribution in [0.2, 0.25) is 0 Å².